The molecule has 0 heterocycles. The number of alkyl halides is 1. The van der Waals surface area contributed by atoms with E-state index in [0.717, 1.165) is 10.0 Å². The van der Waals surface area contributed by atoms with Gasteiger partial charge in [-0.1, -0.05) is 33.6 Å². The van der Waals surface area contributed by atoms with Crippen molar-refractivity contribution in [3.63, 3.8) is 0 Å². The minimum absolute atomic E-state index is 0.207. The maximum atomic E-state index is 6.77. The van der Waals surface area contributed by atoms with Gasteiger partial charge in [0.1, 0.15) is 0 Å². The molecule has 0 aromatic heterocycles. The molecule has 2 aromatic carbocycles. The molecule has 0 nitrogen and oxygen atoms in total. The zero-order valence-electron chi connectivity index (χ0n) is 12.0. The zero-order chi connectivity index (χ0) is 15.0. The Morgan fingerprint density at radius 1 is 0.950 bits per heavy atom. The second-order valence-corrected chi connectivity index (χ2v) is 6.93. The van der Waals surface area contributed by atoms with Gasteiger partial charge in [-0.2, -0.15) is 0 Å². The van der Waals surface area contributed by atoms with E-state index in [9.17, 15) is 0 Å². The summed E-state index contributed by atoms with van der Waals surface area (Å²) in [5.41, 5.74) is 7.24. The van der Waals surface area contributed by atoms with Crippen molar-refractivity contribution >= 4 is 39.1 Å². The van der Waals surface area contributed by atoms with Gasteiger partial charge < -0.3 is 0 Å². The van der Waals surface area contributed by atoms with Crippen LogP contribution in [0.4, 0.5) is 0 Å². The molecule has 0 saturated heterocycles. The highest BCUT2D eigenvalue weighted by atomic mass is 79.9. The number of halogens is 3. The molecule has 1 unspecified atom stereocenters. The Morgan fingerprint density at radius 2 is 1.50 bits per heavy atom. The van der Waals surface area contributed by atoms with E-state index < -0.39 is 0 Å². The van der Waals surface area contributed by atoms with E-state index in [2.05, 4.69) is 49.7 Å². The molecule has 0 aliphatic carbocycles. The summed E-state index contributed by atoms with van der Waals surface area (Å²) in [4.78, 5) is 0. The lowest BCUT2D eigenvalue weighted by molar-refractivity contribution is 1.05. The van der Waals surface area contributed by atoms with E-state index in [4.69, 9.17) is 23.2 Å². The predicted molar refractivity (Wildman–Crippen MR) is 92.2 cm³/mol. The average Bonchev–Trinajstić information content (AvgIpc) is 2.39. The molecule has 20 heavy (non-hydrogen) atoms. The molecule has 0 N–H and O–H groups in total. The van der Waals surface area contributed by atoms with Crippen molar-refractivity contribution in [2.75, 3.05) is 0 Å². The van der Waals surface area contributed by atoms with Gasteiger partial charge in [0.15, 0.2) is 0 Å². The number of rotatable bonds is 2. The Balaban J connectivity index is 2.65. The van der Waals surface area contributed by atoms with Gasteiger partial charge in [0, 0.05) is 9.50 Å². The van der Waals surface area contributed by atoms with Gasteiger partial charge in [0.25, 0.3) is 0 Å². The van der Waals surface area contributed by atoms with Crippen LogP contribution in [-0.2, 0) is 0 Å². The minimum atomic E-state index is -0.207. The second kappa shape index (κ2) is 6.09. The van der Waals surface area contributed by atoms with Gasteiger partial charge in [0.2, 0.25) is 0 Å². The van der Waals surface area contributed by atoms with E-state index in [0.29, 0.717) is 5.02 Å². The van der Waals surface area contributed by atoms with Crippen molar-refractivity contribution in [2.24, 2.45) is 0 Å². The summed E-state index contributed by atoms with van der Waals surface area (Å²) < 4.78 is 0.986. The first-order valence-electron chi connectivity index (χ1n) is 6.49. The SMILES string of the molecule is Cc1cc(C)c(C)c(C(Cl)c2cc(Cl)ccc2Br)c1C. The van der Waals surface area contributed by atoms with Gasteiger partial charge in [0.05, 0.1) is 5.38 Å². The molecule has 2 rings (SSSR count). The molecule has 0 aliphatic rings. The highest BCUT2D eigenvalue weighted by Gasteiger charge is 2.20. The van der Waals surface area contributed by atoms with Crippen LogP contribution in [0.15, 0.2) is 28.7 Å². The van der Waals surface area contributed by atoms with Crippen LogP contribution in [0.5, 0.6) is 0 Å². The number of hydrogen-bond acceptors (Lipinski definition) is 0. The monoisotopic (exact) mass is 370 g/mol. The third-order valence-corrected chi connectivity index (χ3v) is 5.32. The third-order valence-electron chi connectivity index (χ3n) is 3.91. The van der Waals surface area contributed by atoms with Crippen LogP contribution in [0.2, 0.25) is 5.02 Å². The Labute approximate surface area is 139 Å². The molecular formula is C17H17BrCl2. The summed E-state index contributed by atoms with van der Waals surface area (Å²) in [5.74, 6) is 0. The summed E-state index contributed by atoms with van der Waals surface area (Å²) in [5, 5.41) is 0.496. The van der Waals surface area contributed by atoms with Crippen LogP contribution in [0.25, 0.3) is 0 Å². The number of aryl methyl sites for hydroxylation is 2. The molecule has 106 valence electrons. The Kier molecular flexibility index (Phi) is 4.84. The standard InChI is InChI=1S/C17H17BrCl2/c1-9-7-10(2)12(4)16(11(9)3)17(20)14-8-13(19)5-6-15(14)18/h5-8,17H,1-4H3. The van der Waals surface area contributed by atoms with Crippen LogP contribution in [-0.4, -0.2) is 0 Å². The first-order chi connectivity index (χ1) is 9.32. The highest BCUT2D eigenvalue weighted by molar-refractivity contribution is 9.10. The van der Waals surface area contributed by atoms with Crippen LogP contribution in [0.3, 0.4) is 0 Å². The van der Waals surface area contributed by atoms with Crippen molar-refractivity contribution < 1.29 is 0 Å². The molecule has 0 amide bonds. The summed E-state index contributed by atoms with van der Waals surface area (Å²) >= 11 is 16.5. The summed E-state index contributed by atoms with van der Waals surface area (Å²) in [6.07, 6.45) is 0. The van der Waals surface area contributed by atoms with E-state index in [1.807, 2.05) is 18.2 Å². The van der Waals surface area contributed by atoms with Crippen LogP contribution >= 0.6 is 39.1 Å². The lowest BCUT2D eigenvalue weighted by Crippen LogP contribution is -2.04. The smallest absolute Gasteiger partial charge is 0.0852 e. The zero-order valence-corrected chi connectivity index (χ0v) is 15.1. The Morgan fingerprint density at radius 3 is 2.05 bits per heavy atom. The van der Waals surface area contributed by atoms with E-state index in [1.165, 1.54) is 27.8 Å². The maximum absolute atomic E-state index is 6.77. The number of benzene rings is 2. The third kappa shape index (κ3) is 2.90. The van der Waals surface area contributed by atoms with Gasteiger partial charge in [-0.3, -0.25) is 0 Å². The Bertz CT molecular complexity index is 636. The molecule has 3 heteroatoms. The summed E-state index contributed by atoms with van der Waals surface area (Å²) in [6.45, 7) is 8.51. The Hall–Kier alpha value is -0.500. The minimum Gasteiger partial charge on any atom is -0.113 e. The molecule has 1 atom stereocenters. The van der Waals surface area contributed by atoms with Crippen molar-refractivity contribution in [3.05, 3.63) is 67.1 Å². The predicted octanol–water partition coefficient (Wildman–Crippen LogP) is 6.66. The molecule has 0 aliphatic heterocycles. The van der Waals surface area contributed by atoms with Crippen LogP contribution < -0.4 is 0 Å². The normalized spacial score (nSPS) is 12.6. The van der Waals surface area contributed by atoms with Crippen LogP contribution in [0, 0.1) is 27.7 Å². The second-order valence-electron chi connectivity index (χ2n) is 5.20. The van der Waals surface area contributed by atoms with Crippen molar-refractivity contribution in [2.45, 2.75) is 33.1 Å². The van der Waals surface area contributed by atoms with Crippen molar-refractivity contribution in [1.82, 2.24) is 0 Å². The van der Waals surface area contributed by atoms with E-state index in [-0.39, 0.29) is 5.38 Å². The van der Waals surface area contributed by atoms with Gasteiger partial charge >= 0.3 is 0 Å². The summed E-state index contributed by atoms with van der Waals surface area (Å²) in [7, 11) is 0. The molecule has 0 bridgehead atoms. The summed E-state index contributed by atoms with van der Waals surface area (Å²) in [6, 6.07) is 7.95. The fourth-order valence-corrected chi connectivity index (χ4v) is 3.79. The first kappa shape index (κ1) is 15.9. The lowest BCUT2D eigenvalue weighted by Gasteiger charge is -2.21. The lowest BCUT2D eigenvalue weighted by atomic mass is 9.90. The topological polar surface area (TPSA) is 0 Å². The highest BCUT2D eigenvalue weighted by Crippen LogP contribution is 2.39. The van der Waals surface area contributed by atoms with Crippen molar-refractivity contribution in [1.29, 1.82) is 0 Å². The molecule has 0 spiro atoms. The van der Waals surface area contributed by atoms with Gasteiger partial charge in [-0.25, -0.2) is 0 Å². The molecule has 0 radical (unpaired) electrons. The quantitative estimate of drug-likeness (QED) is 0.517. The fraction of sp³-hybridized carbons (Fsp3) is 0.294. The average molecular weight is 372 g/mol. The molecule has 2 aromatic rings. The molecular weight excluding hydrogens is 355 g/mol. The number of hydrogen-bond donors (Lipinski definition) is 0. The first-order valence-corrected chi connectivity index (χ1v) is 8.10. The van der Waals surface area contributed by atoms with E-state index >= 15 is 0 Å². The molecule has 0 fully saturated rings. The van der Waals surface area contributed by atoms with Crippen molar-refractivity contribution in [3.8, 4) is 0 Å². The van der Waals surface area contributed by atoms with Crippen LogP contribution in [0.1, 0.15) is 38.8 Å². The fourth-order valence-electron chi connectivity index (χ4n) is 2.49. The maximum Gasteiger partial charge on any atom is 0.0852 e. The van der Waals surface area contributed by atoms with Gasteiger partial charge in [-0.05, 0) is 79.3 Å². The largest absolute Gasteiger partial charge is 0.113 e. The molecule has 0 saturated carbocycles. The van der Waals surface area contributed by atoms with E-state index in [1.54, 1.807) is 0 Å². The van der Waals surface area contributed by atoms with Gasteiger partial charge in [-0.15, -0.1) is 11.6 Å².